The molecule has 0 aliphatic carbocycles. The quantitative estimate of drug-likeness (QED) is 0.743. The first-order valence-corrected chi connectivity index (χ1v) is 5.86. The maximum atomic E-state index is 11.3. The van der Waals surface area contributed by atoms with Gasteiger partial charge in [0, 0.05) is 0 Å². The number of nitrogens with one attached hydrogen (secondary N) is 1. The summed E-state index contributed by atoms with van der Waals surface area (Å²) in [5.74, 6) is -0.912. The molecule has 1 aromatic heterocycles. The van der Waals surface area contributed by atoms with Crippen LogP contribution in [0, 0.1) is 0 Å². The van der Waals surface area contributed by atoms with Gasteiger partial charge in [-0.1, -0.05) is 0 Å². The molecule has 1 aromatic rings. The lowest BCUT2D eigenvalue weighted by atomic mass is 10.3. The second-order valence-corrected chi connectivity index (χ2v) is 4.82. The average Bonchev–Trinajstić information content (AvgIpc) is 2.18. The highest BCUT2D eigenvalue weighted by Crippen LogP contribution is 2.01. The van der Waals surface area contributed by atoms with E-state index in [1.54, 1.807) is 0 Å². The molecule has 0 saturated heterocycles. The van der Waals surface area contributed by atoms with Crippen molar-refractivity contribution in [3.05, 3.63) is 24.0 Å². The lowest BCUT2D eigenvalue weighted by Crippen LogP contribution is -2.32. The van der Waals surface area contributed by atoms with Gasteiger partial charge in [-0.15, -0.1) is 0 Å². The molecule has 7 heteroatoms. The number of carbonyl (C=O) groups excluding carboxylic acids is 1. The zero-order valence-electron chi connectivity index (χ0n) is 8.10. The van der Waals surface area contributed by atoms with E-state index in [4.69, 9.17) is 5.73 Å². The van der Waals surface area contributed by atoms with Gasteiger partial charge < -0.3 is 5.73 Å². The Balaban J connectivity index is 2.83. The van der Waals surface area contributed by atoms with E-state index in [1.165, 1.54) is 25.3 Å². The first kappa shape index (κ1) is 11.4. The molecule has 3 N–H and O–H groups in total. The summed E-state index contributed by atoms with van der Waals surface area (Å²) in [4.78, 5) is 15.0. The number of nitrogen functional groups attached to an aromatic ring is 1. The largest absolute Gasteiger partial charge is 0.397 e. The van der Waals surface area contributed by atoms with Crippen molar-refractivity contribution >= 4 is 21.6 Å². The minimum atomic E-state index is -3.55. The molecule has 82 valence electrons. The maximum absolute atomic E-state index is 11.3. The van der Waals surface area contributed by atoms with Gasteiger partial charge in [-0.2, -0.15) is 0 Å². The molecule has 0 saturated carbocycles. The second kappa shape index (κ2) is 4.26. The highest BCUT2D eigenvalue weighted by molar-refractivity contribution is 7.90. The van der Waals surface area contributed by atoms with Crippen LogP contribution in [0.1, 0.15) is 17.4 Å². The van der Waals surface area contributed by atoms with Gasteiger partial charge in [0.05, 0.1) is 17.6 Å². The van der Waals surface area contributed by atoms with Crippen LogP contribution >= 0.6 is 0 Å². The fraction of sp³-hybridized carbons (Fsp3) is 0.250. The number of rotatable bonds is 3. The topological polar surface area (TPSA) is 102 Å². The van der Waals surface area contributed by atoms with E-state index < -0.39 is 15.9 Å². The number of hydrogen-bond acceptors (Lipinski definition) is 5. The lowest BCUT2D eigenvalue weighted by molar-refractivity contribution is 0.0976. The van der Waals surface area contributed by atoms with Crippen molar-refractivity contribution in [2.75, 3.05) is 11.5 Å². The van der Waals surface area contributed by atoms with E-state index in [2.05, 4.69) is 4.98 Å². The summed E-state index contributed by atoms with van der Waals surface area (Å²) in [5, 5.41) is 0. The summed E-state index contributed by atoms with van der Waals surface area (Å²) in [6, 6.07) is 2.83. The fourth-order valence-electron chi connectivity index (χ4n) is 0.805. The predicted octanol–water partition coefficient (Wildman–Crippen LogP) is -0.257. The monoisotopic (exact) mass is 229 g/mol. The number of hydrogen-bond donors (Lipinski definition) is 2. The van der Waals surface area contributed by atoms with Crippen LogP contribution in [0.4, 0.5) is 5.69 Å². The average molecular weight is 229 g/mol. The number of anilines is 1. The van der Waals surface area contributed by atoms with E-state index in [9.17, 15) is 13.2 Å². The van der Waals surface area contributed by atoms with E-state index in [1.807, 2.05) is 4.72 Å². The molecular weight excluding hydrogens is 218 g/mol. The Morgan fingerprint density at radius 1 is 1.53 bits per heavy atom. The summed E-state index contributed by atoms with van der Waals surface area (Å²) in [6.45, 7) is 1.44. The van der Waals surface area contributed by atoms with Gasteiger partial charge in [0.15, 0.2) is 0 Å². The van der Waals surface area contributed by atoms with E-state index in [0.29, 0.717) is 5.69 Å². The normalized spacial score (nSPS) is 11.0. The molecule has 15 heavy (non-hydrogen) atoms. The molecule has 0 radical (unpaired) electrons. The molecule has 1 amide bonds. The molecule has 0 aromatic carbocycles. The van der Waals surface area contributed by atoms with Crippen molar-refractivity contribution in [1.82, 2.24) is 9.71 Å². The van der Waals surface area contributed by atoms with Gasteiger partial charge in [0.1, 0.15) is 5.69 Å². The predicted molar refractivity (Wildman–Crippen MR) is 55.6 cm³/mol. The number of aromatic nitrogens is 1. The Hall–Kier alpha value is -1.63. The third kappa shape index (κ3) is 3.21. The van der Waals surface area contributed by atoms with Crippen LogP contribution in [-0.2, 0) is 10.0 Å². The Kier molecular flexibility index (Phi) is 3.25. The van der Waals surface area contributed by atoms with Crippen LogP contribution in [0.25, 0.3) is 0 Å². The Morgan fingerprint density at radius 2 is 2.20 bits per heavy atom. The van der Waals surface area contributed by atoms with Gasteiger partial charge in [0.2, 0.25) is 10.0 Å². The molecule has 0 bridgehead atoms. The molecule has 1 heterocycles. The van der Waals surface area contributed by atoms with Crippen molar-refractivity contribution in [2.24, 2.45) is 0 Å². The highest BCUT2D eigenvalue weighted by atomic mass is 32.2. The number of amides is 1. The van der Waals surface area contributed by atoms with Crippen LogP contribution < -0.4 is 10.5 Å². The summed E-state index contributed by atoms with van der Waals surface area (Å²) in [7, 11) is -3.55. The van der Waals surface area contributed by atoms with Crippen molar-refractivity contribution in [1.29, 1.82) is 0 Å². The number of carbonyl (C=O) groups is 1. The van der Waals surface area contributed by atoms with Gasteiger partial charge in [-0.25, -0.2) is 18.1 Å². The standard InChI is InChI=1S/C8H11N3O3S/c1-2-15(13,14)11-8(12)7-4-3-6(9)5-10-7/h3-5H,2,9H2,1H3,(H,11,12). The third-order valence-electron chi connectivity index (χ3n) is 1.65. The maximum Gasteiger partial charge on any atom is 0.283 e. The summed E-state index contributed by atoms with van der Waals surface area (Å²) in [6.07, 6.45) is 1.29. The smallest absolute Gasteiger partial charge is 0.283 e. The van der Waals surface area contributed by atoms with E-state index >= 15 is 0 Å². The zero-order chi connectivity index (χ0) is 11.5. The number of nitrogens with zero attached hydrogens (tertiary/aromatic N) is 1. The molecule has 1 rings (SSSR count). The Morgan fingerprint density at radius 3 is 2.67 bits per heavy atom. The van der Waals surface area contributed by atoms with Crippen LogP contribution in [0.15, 0.2) is 18.3 Å². The van der Waals surface area contributed by atoms with Gasteiger partial charge >= 0.3 is 0 Å². The van der Waals surface area contributed by atoms with Crippen molar-refractivity contribution in [2.45, 2.75) is 6.92 Å². The van der Waals surface area contributed by atoms with Crippen molar-refractivity contribution in [3.8, 4) is 0 Å². The first-order chi connectivity index (χ1) is 6.94. The number of pyridine rings is 1. The highest BCUT2D eigenvalue weighted by Gasteiger charge is 2.14. The Bertz CT molecular complexity index is 453. The molecule has 0 unspecified atom stereocenters. The molecule has 0 spiro atoms. The van der Waals surface area contributed by atoms with Crippen LogP contribution in [0.3, 0.4) is 0 Å². The van der Waals surface area contributed by atoms with E-state index in [-0.39, 0.29) is 11.4 Å². The van der Waals surface area contributed by atoms with Gasteiger partial charge in [-0.3, -0.25) is 4.79 Å². The van der Waals surface area contributed by atoms with Gasteiger partial charge in [0.25, 0.3) is 5.91 Å². The second-order valence-electron chi connectivity index (χ2n) is 2.81. The Labute approximate surface area is 87.6 Å². The minimum Gasteiger partial charge on any atom is -0.397 e. The molecular formula is C8H11N3O3S. The van der Waals surface area contributed by atoms with Gasteiger partial charge in [-0.05, 0) is 19.1 Å². The molecule has 0 atom stereocenters. The van der Waals surface area contributed by atoms with Crippen molar-refractivity contribution in [3.63, 3.8) is 0 Å². The summed E-state index contributed by atoms with van der Waals surface area (Å²) < 4.78 is 24.0. The fourth-order valence-corrected chi connectivity index (χ4v) is 1.34. The first-order valence-electron chi connectivity index (χ1n) is 4.21. The van der Waals surface area contributed by atoms with Crippen molar-refractivity contribution < 1.29 is 13.2 Å². The number of sulfonamides is 1. The molecule has 0 fully saturated rings. The summed E-state index contributed by atoms with van der Waals surface area (Å²) in [5.41, 5.74) is 5.79. The minimum absolute atomic E-state index is 0.0150. The lowest BCUT2D eigenvalue weighted by Gasteiger charge is -2.03. The van der Waals surface area contributed by atoms with Crippen LogP contribution in [0.2, 0.25) is 0 Å². The zero-order valence-corrected chi connectivity index (χ0v) is 8.91. The molecule has 0 aliphatic heterocycles. The number of nitrogens with two attached hydrogens (primary N) is 1. The van der Waals surface area contributed by atoms with Crippen LogP contribution in [-0.4, -0.2) is 25.1 Å². The summed E-state index contributed by atoms with van der Waals surface area (Å²) >= 11 is 0. The molecule has 6 nitrogen and oxygen atoms in total. The third-order valence-corrected chi connectivity index (χ3v) is 2.90. The SMILES string of the molecule is CCS(=O)(=O)NC(=O)c1ccc(N)cn1. The van der Waals surface area contributed by atoms with Crippen LogP contribution in [0.5, 0.6) is 0 Å². The van der Waals surface area contributed by atoms with E-state index in [0.717, 1.165) is 0 Å². The molecule has 0 aliphatic rings.